The second-order valence-corrected chi connectivity index (χ2v) is 9.35. The molecule has 0 amide bonds. The quantitative estimate of drug-likeness (QED) is 0.223. The zero-order valence-corrected chi connectivity index (χ0v) is 22.3. The Hall–Kier alpha value is -0.770. The van der Waals surface area contributed by atoms with E-state index in [1.165, 1.54) is 25.7 Å². The highest BCUT2D eigenvalue weighted by atomic mass is 127. The van der Waals surface area contributed by atoms with Crippen molar-refractivity contribution in [3.05, 3.63) is 57.0 Å². The molecule has 31 heavy (non-hydrogen) atoms. The lowest BCUT2D eigenvalue weighted by molar-refractivity contribution is 0.143. The average Bonchev–Trinajstić information content (AvgIpc) is 2.74. The number of aryl methyl sites for hydroxylation is 1. The largest absolute Gasteiger partial charge is 0.480 e. The highest BCUT2D eigenvalue weighted by Crippen LogP contribution is 2.30. The maximum absolute atomic E-state index is 12.4. The molecule has 2 rings (SSSR count). The van der Waals surface area contributed by atoms with Crippen LogP contribution in [0.1, 0.15) is 79.0 Å². The number of nitrogens with zero attached hydrogens (tertiary/aromatic N) is 2. The van der Waals surface area contributed by atoms with E-state index in [-0.39, 0.29) is 29.2 Å². The van der Waals surface area contributed by atoms with Crippen LogP contribution >= 0.6 is 42.0 Å². The number of unbranched alkanes of at least 4 members (excludes halogenated alkanes) is 1. The van der Waals surface area contributed by atoms with Gasteiger partial charge in [-0.25, -0.2) is 4.68 Å². The number of benzene rings is 1. The van der Waals surface area contributed by atoms with E-state index < -0.39 is 6.10 Å². The second kappa shape index (κ2) is 15.1. The van der Waals surface area contributed by atoms with Crippen molar-refractivity contribution in [2.75, 3.05) is 6.61 Å². The van der Waals surface area contributed by atoms with Gasteiger partial charge >= 0.3 is 0 Å². The maximum atomic E-state index is 12.4. The Labute approximate surface area is 209 Å². The number of hydrogen-bond acceptors (Lipinski definition) is 5. The molecule has 176 valence electrons. The molecule has 2 aromatic rings. The van der Waals surface area contributed by atoms with Gasteiger partial charge in [0.05, 0.1) is 15.4 Å². The third kappa shape index (κ3) is 9.32. The third-order valence-corrected chi connectivity index (χ3v) is 5.69. The SMILES string of the molecule is C.CC.CCCCn1ncc(OC(COSI)c2ccc(C(C)(C)C)cc2)c(Cl)c1=O. The number of halogens is 2. The predicted octanol–water partition coefficient (Wildman–Crippen LogP) is 7.79. The number of ether oxygens (including phenoxy) is 1. The molecule has 0 aliphatic rings. The van der Waals surface area contributed by atoms with Crippen LogP contribution in [0.25, 0.3) is 0 Å². The van der Waals surface area contributed by atoms with Crippen molar-refractivity contribution in [1.82, 2.24) is 9.78 Å². The highest BCUT2D eigenvalue weighted by molar-refractivity contribution is 14.2. The molecular formula is C23H36ClIN2O3S. The molecule has 1 unspecified atom stereocenters. The van der Waals surface area contributed by atoms with Crippen LogP contribution in [0.15, 0.2) is 35.3 Å². The first kappa shape index (κ1) is 30.2. The van der Waals surface area contributed by atoms with Crippen LogP contribution in [0.5, 0.6) is 5.75 Å². The standard InChI is InChI=1S/C20H26ClIN2O3S.C2H6.CH4/c1-5-6-11-24-19(25)18(21)16(12-23-24)27-17(13-26-28-22)14-7-9-15(10-8-14)20(2,3)4;1-2;/h7-10,12,17H,5-6,11,13H2,1-4H3;1-2H3;1H4. The average molecular weight is 583 g/mol. The summed E-state index contributed by atoms with van der Waals surface area (Å²) in [4.78, 5) is 12.4. The molecule has 5 nitrogen and oxygen atoms in total. The summed E-state index contributed by atoms with van der Waals surface area (Å²) in [6.07, 6.45) is 2.95. The first-order chi connectivity index (χ1) is 14.3. The van der Waals surface area contributed by atoms with Crippen LogP contribution in [0.3, 0.4) is 0 Å². The molecular weight excluding hydrogens is 547 g/mol. The van der Waals surface area contributed by atoms with Gasteiger partial charge in [0.15, 0.2) is 10.8 Å². The van der Waals surface area contributed by atoms with Gasteiger partial charge < -0.3 is 8.92 Å². The molecule has 1 heterocycles. The summed E-state index contributed by atoms with van der Waals surface area (Å²) in [7, 11) is 1.24. The molecule has 1 atom stereocenters. The molecule has 0 saturated carbocycles. The number of aromatic nitrogens is 2. The Bertz CT molecular complexity index is 823. The minimum Gasteiger partial charge on any atom is -0.480 e. The van der Waals surface area contributed by atoms with Crippen LogP contribution in [-0.4, -0.2) is 16.4 Å². The fourth-order valence-corrected chi connectivity index (χ4v) is 3.44. The van der Waals surface area contributed by atoms with Gasteiger partial charge in [-0.2, -0.15) is 5.10 Å². The van der Waals surface area contributed by atoms with Gasteiger partial charge in [-0.1, -0.05) is 91.3 Å². The smallest absolute Gasteiger partial charge is 0.289 e. The van der Waals surface area contributed by atoms with E-state index in [0.717, 1.165) is 18.4 Å². The van der Waals surface area contributed by atoms with Crippen LogP contribution in [0.4, 0.5) is 0 Å². The summed E-state index contributed by atoms with van der Waals surface area (Å²) >= 11 is 8.35. The fourth-order valence-electron chi connectivity index (χ4n) is 2.64. The van der Waals surface area contributed by atoms with E-state index in [4.69, 9.17) is 20.5 Å². The molecule has 0 radical (unpaired) electrons. The lowest BCUT2D eigenvalue weighted by Gasteiger charge is -2.22. The minimum atomic E-state index is -0.401. The summed E-state index contributed by atoms with van der Waals surface area (Å²) in [5.74, 6) is 0.270. The van der Waals surface area contributed by atoms with Crippen molar-refractivity contribution in [3.8, 4) is 5.75 Å². The predicted molar refractivity (Wildman–Crippen MR) is 143 cm³/mol. The molecule has 0 spiro atoms. The zero-order chi connectivity index (χ0) is 22.7. The molecule has 0 saturated heterocycles. The molecule has 0 aliphatic carbocycles. The van der Waals surface area contributed by atoms with Crippen molar-refractivity contribution in [1.29, 1.82) is 0 Å². The Balaban J connectivity index is 0.00000291. The van der Waals surface area contributed by atoms with Crippen molar-refractivity contribution in [2.45, 2.75) is 79.9 Å². The molecule has 8 heteroatoms. The summed E-state index contributed by atoms with van der Waals surface area (Å²) in [5.41, 5.74) is 1.92. The molecule has 0 N–H and O–H groups in total. The Morgan fingerprint density at radius 2 is 1.84 bits per heavy atom. The van der Waals surface area contributed by atoms with Gasteiger partial charge in [0, 0.05) is 27.8 Å². The Kier molecular flexibility index (Phi) is 14.8. The van der Waals surface area contributed by atoms with Crippen molar-refractivity contribution >= 4 is 42.0 Å². The van der Waals surface area contributed by atoms with Crippen molar-refractivity contribution < 1.29 is 8.92 Å². The molecule has 0 aliphatic heterocycles. The minimum absolute atomic E-state index is 0. The maximum Gasteiger partial charge on any atom is 0.289 e. The second-order valence-electron chi connectivity index (χ2n) is 7.53. The van der Waals surface area contributed by atoms with Crippen LogP contribution < -0.4 is 10.3 Å². The van der Waals surface area contributed by atoms with E-state index >= 15 is 0 Å². The van der Waals surface area contributed by atoms with E-state index in [2.05, 4.69) is 66.1 Å². The molecule has 1 aromatic heterocycles. The molecule has 0 fully saturated rings. The summed E-state index contributed by atoms with van der Waals surface area (Å²) in [6.45, 7) is 13.4. The first-order valence-corrected chi connectivity index (χ1v) is 13.9. The summed E-state index contributed by atoms with van der Waals surface area (Å²) in [6, 6.07) is 8.23. The van der Waals surface area contributed by atoms with Crippen LogP contribution in [0.2, 0.25) is 5.02 Å². The zero-order valence-electron chi connectivity index (χ0n) is 18.6. The van der Waals surface area contributed by atoms with E-state index in [0.29, 0.717) is 13.2 Å². The lowest BCUT2D eigenvalue weighted by atomic mass is 9.86. The highest BCUT2D eigenvalue weighted by Gasteiger charge is 2.20. The van der Waals surface area contributed by atoms with Gasteiger partial charge in [0.1, 0.15) is 12.7 Å². The van der Waals surface area contributed by atoms with E-state index in [1.807, 2.05) is 26.0 Å². The molecule has 1 aromatic carbocycles. The van der Waals surface area contributed by atoms with Gasteiger partial charge in [0.2, 0.25) is 0 Å². The third-order valence-electron chi connectivity index (χ3n) is 4.36. The monoisotopic (exact) mass is 582 g/mol. The topological polar surface area (TPSA) is 53.4 Å². The number of rotatable bonds is 9. The molecule has 0 bridgehead atoms. The van der Waals surface area contributed by atoms with Crippen molar-refractivity contribution in [3.63, 3.8) is 0 Å². The summed E-state index contributed by atoms with van der Waals surface area (Å²) in [5, 5.41) is 4.24. The Morgan fingerprint density at radius 3 is 2.35 bits per heavy atom. The van der Waals surface area contributed by atoms with Gasteiger partial charge in [-0.3, -0.25) is 4.79 Å². The fraction of sp³-hybridized carbons (Fsp3) is 0.565. The van der Waals surface area contributed by atoms with Gasteiger partial charge in [-0.05, 0) is 23.0 Å². The summed E-state index contributed by atoms with van der Waals surface area (Å²) < 4.78 is 12.9. The van der Waals surface area contributed by atoms with Crippen LogP contribution in [-0.2, 0) is 16.1 Å². The van der Waals surface area contributed by atoms with Crippen LogP contribution in [0, 0.1) is 0 Å². The normalized spacial score (nSPS) is 11.7. The van der Waals surface area contributed by atoms with E-state index in [1.54, 1.807) is 0 Å². The number of hydrogen-bond donors (Lipinski definition) is 0. The van der Waals surface area contributed by atoms with Gasteiger partial charge in [-0.15, -0.1) is 0 Å². The van der Waals surface area contributed by atoms with E-state index in [9.17, 15) is 4.79 Å². The van der Waals surface area contributed by atoms with Crippen molar-refractivity contribution in [2.24, 2.45) is 0 Å². The Morgan fingerprint density at radius 1 is 1.23 bits per heavy atom. The van der Waals surface area contributed by atoms with Gasteiger partial charge in [0.25, 0.3) is 5.56 Å². The lowest BCUT2D eigenvalue weighted by Crippen LogP contribution is -2.24. The first-order valence-electron chi connectivity index (χ1n) is 10.2.